The molecule has 0 atom stereocenters. The first kappa shape index (κ1) is 26.8. The maximum atomic E-state index is 12.8. The van der Waals surface area contributed by atoms with Gasteiger partial charge in [-0.25, -0.2) is 4.79 Å². The van der Waals surface area contributed by atoms with E-state index >= 15 is 0 Å². The number of halogens is 2. The van der Waals surface area contributed by atoms with Gasteiger partial charge in [-0.05, 0) is 83.0 Å². The summed E-state index contributed by atoms with van der Waals surface area (Å²) in [5, 5.41) is 2.21. The highest BCUT2D eigenvalue weighted by molar-refractivity contribution is 9.10. The Labute approximate surface area is 220 Å². The van der Waals surface area contributed by atoms with E-state index in [0.29, 0.717) is 28.8 Å². The molecule has 1 heterocycles. The summed E-state index contributed by atoms with van der Waals surface area (Å²) < 4.78 is 11.3. The summed E-state index contributed by atoms with van der Waals surface area (Å²) in [4.78, 5) is 50.9. The summed E-state index contributed by atoms with van der Waals surface area (Å²) in [6, 6.07) is 9.65. The first-order valence-electron chi connectivity index (χ1n) is 10.7. The molecule has 184 valence electrons. The average molecular weight is 582 g/mol. The molecule has 0 aromatic heterocycles. The minimum atomic E-state index is -0.607. The third-order valence-corrected chi connectivity index (χ3v) is 6.49. The van der Waals surface area contributed by atoms with Crippen molar-refractivity contribution in [3.8, 4) is 5.75 Å². The van der Waals surface area contributed by atoms with Crippen LogP contribution in [0.15, 0.2) is 45.8 Å². The van der Waals surface area contributed by atoms with E-state index in [1.165, 1.54) is 18.2 Å². The molecule has 0 spiro atoms. The van der Waals surface area contributed by atoms with Crippen LogP contribution in [-0.4, -0.2) is 47.7 Å². The number of imide groups is 1. The highest BCUT2D eigenvalue weighted by Gasteiger charge is 2.36. The molecule has 1 N–H and O–H groups in total. The van der Waals surface area contributed by atoms with E-state index in [-0.39, 0.29) is 27.8 Å². The van der Waals surface area contributed by atoms with E-state index < -0.39 is 29.6 Å². The van der Waals surface area contributed by atoms with Crippen molar-refractivity contribution < 1.29 is 28.7 Å². The third kappa shape index (κ3) is 6.87. The standard InChI is InChI=1S/C24H22BrClN2O6S/c1-3-9-34-23(31)16-12-15(6-7-18(16)26)27-21(29)13-28-22(30)20(35-24(28)32)11-14-5-8-19(33-4-2)17(25)10-14/h5-8,10-12H,3-4,9,13H2,1-2H3,(H,27,29)/b20-11-. The van der Waals surface area contributed by atoms with Crippen LogP contribution in [0.2, 0.25) is 5.02 Å². The van der Waals surface area contributed by atoms with Crippen molar-refractivity contribution in [2.45, 2.75) is 20.3 Å². The Bertz CT molecular complexity index is 1200. The molecule has 1 saturated heterocycles. The Balaban J connectivity index is 1.68. The number of rotatable bonds is 9. The molecule has 35 heavy (non-hydrogen) atoms. The van der Waals surface area contributed by atoms with Gasteiger partial charge in [0, 0.05) is 5.69 Å². The second-order valence-electron chi connectivity index (χ2n) is 7.27. The highest BCUT2D eigenvalue weighted by atomic mass is 79.9. The summed E-state index contributed by atoms with van der Waals surface area (Å²) in [5.41, 5.74) is 1.08. The van der Waals surface area contributed by atoms with Crippen LogP contribution in [-0.2, 0) is 14.3 Å². The van der Waals surface area contributed by atoms with Crippen molar-refractivity contribution in [1.82, 2.24) is 4.90 Å². The molecule has 0 bridgehead atoms. The Morgan fingerprint density at radius 3 is 2.63 bits per heavy atom. The SMILES string of the molecule is CCCOC(=O)c1cc(NC(=O)CN2C(=O)S/C(=C\c3ccc(OCC)c(Br)c3)C2=O)ccc1Cl. The van der Waals surface area contributed by atoms with Crippen LogP contribution in [0, 0.1) is 0 Å². The largest absolute Gasteiger partial charge is 0.493 e. The molecule has 0 radical (unpaired) electrons. The molecule has 0 unspecified atom stereocenters. The summed E-state index contributed by atoms with van der Waals surface area (Å²) in [6.07, 6.45) is 2.23. The first-order chi connectivity index (χ1) is 16.7. The Morgan fingerprint density at radius 1 is 1.17 bits per heavy atom. The van der Waals surface area contributed by atoms with Crippen LogP contribution in [0.25, 0.3) is 6.08 Å². The van der Waals surface area contributed by atoms with Gasteiger partial charge in [0.25, 0.3) is 11.1 Å². The number of benzene rings is 2. The monoisotopic (exact) mass is 580 g/mol. The van der Waals surface area contributed by atoms with Gasteiger partial charge >= 0.3 is 5.97 Å². The van der Waals surface area contributed by atoms with Gasteiger partial charge in [0.05, 0.1) is 33.2 Å². The van der Waals surface area contributed by atoms with Crippen LogP contribution in [0.1, 0.15) is 36.2 Å². The number of hydrogen-bond acceptors (Lipinski definition) is 7. The average Bonchev–Trinajstić information content (AvgIpc) is 3.07. The normalized spacial score (nSPS) is 14.4. The number of thioether (sulfide) groups is 1. The lowest BCUT2D eigenvalue weighted by Gasteiger charge is -2.13. The van der Waals surface area contributed by atoms with E-state index in [0.717, 1.165) is 16.7 Å². The minimum absolute atomic E-state index is 0.105. The molecular formula is C24H22BrClN2O6S. The predicted octanol–water partition coefficient (Wildman–Crippen LogP) is 5.74. The van der Waals surface area contributed by atoms with Gasteiger partial charge in [0.15, 0.2) is 0 Å². The number of esters is 1. The molecule has 11 heteroatoms. The zero-order valence-corrected chi connectivity index (χ0v) is 22.1. The molecule has 0 aliphatic carbocycles. The minimum Gasteiger partial charge on any atom is -0.493 e. The van der Waals surface area contributed by atoms with E-state index in [2.05, 4.69) is 21.2 Å². The van der Waals surface area contributed by atoms with E-state index in [1.807, 2.05) is 13.8 Å². The maximum absolute atomic E-state index is 12.8. The van der Waals surface area contributed by atoms with Crippen LogP contribution in [0.3, 0.4) is 0 Å². The third-order valence-electron chi connectivity index (χ3n) is 4.64. The maximum Gasteiger partial charge on any atom is 0.339 e. The summed E-state index contributed by atoms with van der Waals surface area (Å²) >= 11 is 10.2. The van der Waals surface area contributed by atoms with E-state index in [1.54, 1.807) is 24.3 Å². The van der Waals surface area contributed by atoms with Crippen LogP contribution in [0.5, 0.6) is 5.75 Å². The fourth-order valence-corrected chi connectivity index (χ4v) is 4.59. The van der Waals surface area contributed by atoms with Crippen LogP contribution in [0.4, 0.5) is 10.5 Å². The summed E-state index contributed by atoms with van der Waals surface area (Å²) in [7, 11) is 0. The topological polar surface area (TPSA) is 102 Å². The van der Waals surface area contributed by atoms with Crippen molar-refractivity contribution in [3.05, 3.63) is 61.9 Å². The van der Waals surface area contributed by atoms with Crippen LogP contribution < -0.4 is 10.1 Å². The molecule has 1 aliphatic heterocycles. The number of nitrogens with zero attached hydrogens (tertiary/aromatic N) is 1. The Kier molecular flexibility index (Phi) is 9.36. The van der Waals surface area contributed by atoms with Gasteiger partial charge in [0.1, 0.15) is 12.3 Å². The zero-order valence-electron chi connectivity index (χ0n) is 18.9. The molecular weight excluding hydrogens is 560 g/mol. The fraction of sp³-hybridized carbons (Fsp3) is 0.250. The number of nitrogens with one attached hydrogen (secondary N) is 1. The number of anilines is 1. The summed E-state index contributed by atoms with van der Waals surface area (Å²) in [5.74, 6) is -1.11. The van der Waals surface area contributed by atoms with E-state index in [9.17, 15) is 19.2 Å². The molecule has 3 rings (SSSR count). The molecule has 1 aliphatic rings. The molecule has 3 amide bonds. The second kappa shape index (κ2) is 12.2. The molecule has 0 saturated carbocycles. The number of hydrogen-bond donors (Lipinski definition) is 1. The van der Waals surface area contributed by atoms with Crippen LogP contribution >= 0.6 is 39.3 Å². The van der Waals surface area contributed by atoms with Gasteiger partial charge in [-0.1, -0.05) is 24.6 Å². The van der Waals surface area contributed by atoms with Crippen molar-refractivity contribution in [2.24, 2.45) is 0 Å². The number of ether oxygens (including phenoxy) is 2. The number of amides is 3. The molecule has 1 fully saturated rings. The fourth-order valence-electron chi connectivity index (χ4n) is 3.04. The van der Waals surface area contributed by atoms with Crippen molar-refractivity contribution in [3.63, 3.8) is 0 Å². The molecule has 2 aromatic carbocycles. The molecule has 2 aromatic rings. The Morgan fingerprint density at radius 2 is 1.94 bits per heavy atom. The number of carbonyl (C=O) groups is 4. The predicted molar refractivity (Wildman–Crippen MR) is 139 cm³/mol. The first-order valence-corrected chi connectivity index (χ1v) is 12.7. The Hall–Kier alpha value is -2.82. The van der Waals surface area contributed by atoms with E-state index in [4.69, 9.17) is 21.1 Å². The lowest BCUT2D eigenvalue weighted by atomic mass is 10.2. The highest BCUT2D eigenvalue weighted by Crippen LogP contribution is 2.34. The van der Waals surface area contributed by atoms with Gasteiger partial charge in [0.2, 0.25) is 5.91 Å². The second-order valence-corrected chi connectivity index (χ2v) is 9.52. The van der Waals surface area contributed by atoms with Gasteiger partial charge in [-0.2, -0.15) is 0 Å². The van der Waals surface area contributed by atoms with Gasteiger partial charge in [-0.15, -0.1) is 0 Å². The smallest absolute Gasteiger partial charge is 0.339 e. The summed E-state index contributed by atoms with van der Waals surface area (Å²) in [6.45, 7) is 4.01. The number of carbonyl (C=O) groups excluding carboxylic acids is 4. The van der Waals surface area contributed by atoms with Gasteiger partial charge < -0.3 is 14.8 Å². The quantitative estimate of drug-likeness (QED) is 0.297. The van der Waals surface area contributed by atoms with Crippen molar-refractivity contribution in [2.75, 3.05) is 25.1 Å². The lowest BCUT2D eigenvalue weighted by Crippen LogP contribution is -2.36. The zero-order chi connectivity index (χ0) is 25.5. The molecule has 8 nitrogen and oxygen atoms in total. The van der Waals surface area contributed by atoms with Crippen molar-refractivity contribution in [1.29, 1.82) is 0 Å². The van der Waals surface area contributed by atoms with Gasteiger partial charge in [-0.3, -0.25) is 19.3 Å². The lowest BCUT2D eigenvalue weighted by molar-refractivity contribution is -0.127. The van der Waals surface area contributed by atoms with Crippen molar-refractivity contribution >= 4 is 74.1 Å².